The molecule has 4 atom stereocenters. The van der Waals surface area contributed by atoms with E-state index in [1.165, 1.54) is 0 Å². The molecule has 0 radical (unpaired) electrons. The van der Waals surface area contributed by atoms with Crippen LogP contribution in [0.25, 0.3) is 0 Å². The number of benzene rings is 1. The van der Waals surface area contributed by atoms with E-state index in [0.717, 1.165) is 25.1 Å². The van der Waals surface area contributed by atoms with Gasteiger partial charge in [-0.3, -0.25) is 0 Å². The summed E-state index contributed by atoms with van der Waals surface area (Å²) in [5.74, 6) is 0.883. The molecule has 2 fully saturated rings. The number of nitrogens with zero attached hydrogens (tertiary/aromatic N) is 1. The van der Waals surface area contributed by atoms with E-state index in [1.54, 1.807) is 0 Å². The number of hydrogen-bond acceptors (Lipinski definition) is 7. The molecule has 132 valence electrons. The van der Waals surface area contributed by atoms with Crippen molar-refractivity contribution in [1.29, 1.82) is 0 Å². The lowest BCUT2D eigenvalue weighted by atomic mass is 10.1. The van der Waals surface area contributed by atoms with Gasteiger partial charge >= 0.3 is 0 Å². The molecule has 3 rings (SSSR count). The molecule has 0 bridgehead atoms. The van der Waals surface area contributed by atoms with E-state index in [0.29, 0.717) is 13.2 Å². The summed E-state index contributed by atoms with van der Waals surface area (Å²) in [6.45, 7) is 2.17. The van der Waals surface area contributed by atoms with Crippen molar-refractivity contribution >= 4 is 0 Å². The van der Waals surface area contributed by atoms with Gasteiger partial charge in [-0.25, -0.2) is 0 Å². The van der Waals surface area contributed by atoms with Gasteiger partial charge in [-0.15, -0.1) is 10.1 Å². The third-order valence-electron chi connectivity index (χ3n) is 4.22. The third-order valence-corrected chi connectivity index (χ3v) is 4.22. The van der Waals surface area contributed by atoms with E-state index >= 15 is 0 Å². The topological polar surface area (TPSA) is 92.1 Å². The summed E-state index contributed by atoms with van der Waals surface area (Å²) in [6, 6.07) is 9.78. The van der Waals surface area contributed by atoms with Gasteiger partial charge in [0.15, 0.2) is 6.10 Å². The van der Waals surface area contributed by atoms with Gasteiger partial charge in [-0.1, -0.05) is 18.2 Å². The van der Waals surface area contributed by atoms with Crippen molar-refractivity contribution in [3.63, 3.8) is 0 Å². The average molecular weight is 338 g/mol. The molecule has 24 heavy (non-hydrogen) atoms. The van der Waals surface area contributed by atoms with Crippen LogP contribution in [-0.2, 0) is 14.3 Å². The number of nitrogens with one attached hydrogen (secondary N) is 1. The lowest BCUT2D eigenvalue weighted by Crippen LogP contribution is -2.42. The fourth-order valence-electron chi connectivity index (χ4n) is 3.06. The van der Waals surface area contributed by atoms with Crippen LogP contribution in [0.1, 0.15) is 12.8 Å². The van der Waals surface area contributed by atoms with Crippen LogP contribution in [0.3, 0.4) is 0 Å². The van der Waals surface area contributed by atoms with Crippen LogP contribution in [0.5, 0.6) is 5.75 Å². The molecular formula is C16H22N2O6. The molecule has 0 aromatic heterocycles. The average Bonchev–Trinajstić information content (AvgIpc) is 3.15. The van der Waals surface area contributed by atoms with Crippen LogP contribution in [0, 0.1) is 10.1 Å². The highest BCUT2D eigenvalue weighted by Gasteiger charge is 2.49. The molecule has 0 aliphatic carbocycles. The minimum absolute atomic E-state index is 0.0467. The molecule has 2 aliphatic heterocycles. The number of ether oxygens (including phenoxy) is 3. The number of fused-ring (bicyclic) bond motifs is 1. The standard InChI is InChI=1S/C16H22N2O6/c19-18(20)24-14-11-23-15-13(10-22-16(14)15)17-8-4-5-9-21-12-6-2-1-3-7-12/h1-3,6-7,13-17H,4-5,8-11H2/t13-,14-,15+,16+/m0/s1. The van der Waals surface area contributed by atoms with Crippen molar-refractivity contribution < 1.29 is 24.1 Å². The normalized spacial score (nSPS) is 28.5. The zero-order valence-electron chi connectivity index (χ0n) is 13.3. The second-order valence-corrected chi connectivity index (χ2v) is 5.89. The predicted molar refractivity (Wildman–Crippen MR) is 84.3 cm³/mol. The van der Waals surface area contributed by atoms with Crippen molar-refractivity contribution in [2.24, 2.45) is 0 Å². The maximum Gasteiger partial charge on any atom is 0.294 e. The zero-order chi connectivity index (χ0) is 16.8. The smallest absolute Gasteiger partial charge is 0.294 e. The largest absolute Gasteiger partial charge is 0.494 e. The summed E-state index contributed by atoms with van der Waals surface area (Å²) in [5.41, 5.74) is 0. The lowest BCUT2D eigenvalue weighted by molar-refractivity contribution is -0.769. The quantitative estimate of drug-likeness (QED) is 0.410. The highest BCUT2D eigenvalue weighted by molar-refractivity contribution is 5.20. The first-order chi connectivity index (χ1) is 11.7. The van der Waals surface area contributed by atoms with Gasteiger partial charge in [0, 0.05) is 0 Å². The first-order valence-electron chi connectivity index (χ1n) is 8.19. The number of unbranched alkanes of at least 4 members (excludes halogenated alkanes) is 1. The second kappa shape index (κ2) is 8.27. The number of para-hydroxylation sites is 1. The number of hydrogen-bond donors (Lipinski definition) is 1. The minimum atomic E-state index is -0.784. The predicted octanol–water partition coefficient (Wildman–Crippen LogP) is 1.18. The monoisotopic (exact) mass is 338 g/mol. The van der Waals surface area contributed by atoms with Crippen LogP contribution in [0.4, 0.5) is 0 Å². The van der Waals surface area contributed by atoms with E-state index in [1.807, 2.05) is 30.3 Å². The Bertz CT molecular complexity index is 529. The number of rotatable bonds is 9. The van der Waals surface area contributed by atoms with Gasteiger partial charge in [-0.2, -0.15) is 0 Å². The van der Waals surface area contributed by atoms with Crippen LogP contribution < -0.4 is 10.1 Å². The maximum atomic E-state index is 10.4. The van der Waals surface area contributed by atoms with Gasteiger partial charge in [0.2, 0.25) is 0 Å². The summed E-state index contributed by atoms with van der Waals surface area (Å²) < 4.78 is 16.8. The molecule has 2 heterocycles. The SMILES string of the molecule is O=[N+]([O-])O[C@H]1CO[C@H]2[C@@H]1OC[C@@H]2NCCCCOc1ccccc1. The molecule has 0 unspecified atom stereocenters. The molecule has 1 N–H and O–H groups in total. The minimum Gasteiger partial charge on any atom is -0.494 e. The van der Waals surface area contributed by atoms with Crippen LogP contribution in [0.2, 0.25) is 0 Å². The second-order valence-electron chi connectivity index (χ2n) is 5.89. The van der Waals surface area contributed by atoms with E-state index in [4.69, 9.17) is 14.2 Å². The summed E-state index contributed by atoms with van der Waals surface area (Å²) in [7, 11) is 0. The molecule has 0 spiro atoms. The van der Waals surface area contributed by atoms with Gasteiger partial charge < -0.3 is 24.4 Å². The van der Waals surface area contributed by atoms with Crippen molar-refractivity contribution in [1.82, 2.24) is 5.32 Å². The summed E-state index contributed by atoms with van der Waals surface area (Å²) in [5, 5.41) is 13.1. The maximum absolute atomic E-state index is 10.4. The molecule has 8 nitrogen and oxygen atoms in total. The van der Waals surface area contributed by atoms with Crippen molar-refractivity contribution in [3.8, 4) is 5.75 Å². The Hall–Kier alpha value is -1.90. The summed E-state index contributed by atoms with van der Waals surface area (Å²) in [4.78, 5) is 15.0. The van der Waals surface area contributed by atoms with E-state index < -0.39 is 11.2 Å². The molecule has 2 saturated heterocycles. The molecular weight excluding hydrogens is 316 g/mol. The van der Waals surface area contributed by atoms with Crippen molar-refractivity contribution in [3.05, 3.63) is 40.4 Å². The van der Waals surface area contributed by atoms with Crippen LogP contribution in [-0.4, -0.2) is 55.8 Å². The van der Waals surface area contributed by atoms with E-state index in [2.05, 4.69) is 10.2 Å². The molecule has 0 amide bonds. The van der Waals surface area contributed by atoms with Crippen LogP contribution in [0.15, 0.2) is 30.3 Å². The Morgan fingerprint density at radius 1 is 1.17 bits per heavy atom. The molecule has 1 aromatic carbocycles. The first kappa shape index (κ1) is 16.9. The van der Waals surface area contributed by atoms with Gasteiger partial charge in [-0.05, 0) is 31.5 Å². The van der Waals surface area contributed by atoms with E-state index in [9.17, 15) is 10.1 Å². The molecule has 1 aromatic rings. The molecule has 2 aliphatic rings. The first-order valence-corrected chi connectivity index (χ1v) is 8.19. The van der Waals surface area contributed by atoms with E-state index in [-0.39, 0.29) is 24.9 Å². The third kappa shape index (κ3) is 4.34. The Morgan fingerprint density at radius 2 is 1.96 bits per heavy atom. The lowest BCUT2D eigenvalue weighted by Gasteiger charge is -2.17. The van der Waals surface area contributed by atoms with Gasteiger partial charge in [0.25, 0.3) is 5.09 Å². The van der Waals surface area contributed by atoms with Crippen molar-refractivity contribution in [2.45, 2.75) is 37.2 Å². The Labute approximate surface area is 140 Å². The highest BCUT2D eigenvalue weighted by Crippen LogP contribution is 2.28. The van der Waals surface area contributed by atoms with Gasteiger partial charge in [0.05, 0.1) is 25.9 Å². The molecule has 8 heteroatoms. The van der Waals surface area contributed by atoms with Crippen LogP contribution >= 0.6 is 0 Å². The highest BCUT2D eigenvalue weighted by atomic mass is 17.0. The molecule has 0 saturated carbocycles. The fourth-order valence-corrected chi connectivity index (χ4v) is 3.06. The summed E-state index contributed by atoms with van der Waals surface area (Å²) in [6.07, 6.45) is 0.730. The van der Waals surface area contributed by atoms with Gasteiger partial charge in [0.1, 0.15) is 18.0 Å². The Balaban J connectivity index is 1.30. The Kier molecular flexibility index (Phi) is 5.84. The summed E-state index contributed by atoms with van der Waals surface area (Å²) >= 11 is 0. The fraction of sp³-hybridized carbons (Fsp3) is 0.625. The zero-order valence-corrected chi connectivity index (χ0v) is 13.3. The van der Waals surface area contributed by atoms with Crippen molar-refractivity contribution in [2.75, 3.05) is 26.4 Å². The Morgan fingerprint density at radius 3 is 2.75 bits per heavy atom.